The van der Waals surface area contributed by atoms with Crippen molar-refractivity contribution in [2.45, 2.75) is 58.3 Å². The maximum atomic E-state index is 2.45. The van der Waals surface area contributed by atoms with Gasteiger partial charge in [0.15, 0.2) is 0 Å². The molecule has 1 rings (SSSR count). The Kier molecular flexibility index (Phi) is 6.55. The molecule has 1 fully saturated rings. The molecule has 0 bridgehead atoms. The molecule has 0 spiro atoms. The van der Waals surface area contributed by atoms with Crippen molar-refractivity contribution < 1.29 is 0 Å². The Bertz CT molecular complexity index is 145. The van der Waals surface area contributed by atoms with Crippen LogP contribution >= 0.6 is 0 Å². The highest BCUT2D eigenvalue weighted by Gasteiger charge is 2.05. The van der Waals surface area contributed by atoms with Crippen molar-refractivity contribution in [1.82, 2.24) is 4.90 Å². The summed E-state index contributed by atoms with van der Waals surface area (Å²) in [5, 5.41) is 0. The fourth-order valence-electron chi connectivity index (χ4n) is 1.98. The number of rotatable bonds is 7. The van der Waals surface area contributed by atoms with E-state index in [9.17, 15) is 0 Å². The zero-order valence-corrected chi connectivity index (χ0v) is 9.67. The third-order valence-electron chi connectivity index (χ3n) is 2.93. The van der Waals surface area contributed by atoms with Gasteiger partial charge in [-0.3, -0.25) is 0 Å². The molecule has 0 aromatic carbocycles. The van der Waals surface area contributed by atoms with Gasteiger partial charge in [-0.05, 0) is 31.9 Å². The van der Waals surface area contributed by atoms with Crippen LogP contribution in [0, 0.1) is 0 Å². The number of likely N-dealkylation sites (tertiary alicyclic amines) is 1. The van der Waals surface area contributed by atoms with Gasteiger partial charge >= 0.3 is 0 Å². The van der Waals surface area contributed by atoms with E-state index in [1.165, 1.54) is 64.5 Å². The van der Waals surface area contributed by atoms with Gasteiger partial charge in [0.2, 0.25) is 0 Å². The van der Waals surface area contributed by atoms with Crippen molar-refractivity contribution in [3.8, 4) is 0 Å². The zero-order chi connectivity index (χ0) is 10.1. The Labute approximate surface area is 89.2 Å². The molecule has 0 unspecified atom stereocenters. The maximum Gasteiger partial charge on any atom is 0.0173 e. The smallest absolute Gasteiger partial charge is 0.0173 e. The molecule has 1 saturated heterocycles. The van der Waals surface area contributed by atoms with Crippen LogP contribution in [0.4, 0.5) is 0 Å². The number of hydrogen-bond acceptors (Lipinski definition) is 1. The molecule has 0 aromatic heterocycles. The molecule has 0 aromatic rings. The van der Waals surface area contributed by atoms with E-state index >= 15 is 0 Å². The SMILES string of the molecule is CCCCCCC/C=C/N1CCCC1. The lowest BCUT2D eigenvalue weighted by atomic mass is 10.1. The number of unbranched alkanes of at least 4 members (excludes halogenated alkanes) is 5. The predicted octanol–water partition coefficient (Wildman–Crippen LogP) is 3.96. The van der Waals surface area contributed by atoms with Crippen LogP contribution in [0.25, 0.3) is 0 Å². The molecule has 1 nitrogen and oxygen atoms in total. The number of allylic oxidation sites excluding steroid dienone is 1. The second-order valence-electron chi connectivity index (χ2n) is 4.33. The van der Waals surface area contributed by atoms with Gasteiger partial charge in [-0.1, -0.05) is 38.7 Å². The summed E-state index contributed by atoms with van der Waals surface area (Å²) >= 11 is 0. The van der Waals surface area contributed by atoms with E-state index in [1.54, 1.807) is 0 Å². The monoisotopic (exact) mass is 195 g/mol. The summed E-state index contributed by atoms with van der Waals surface area (Å²) in [6, 6.07) is 0. The Morgan fingerprint density at radius 1 is 1.00 bits per heavy atom. The van der Waals surface area contributed by atoms with Gasteiger partial charge in [0, 0.05) is 13.1 Å². The lowest BCUT2D eigenvalue weighted by molar-refractivity contribution is 0.465. The van der Waals surface area contributed by atoms with Crippen molar-refractivity contribution in [2.75, 3.05) is 13.1 Å². The molecule has 0 radical (unpaired) electrons. The predicted molar refractivity (Wildman–Crippen MR) is 63.3 cm³/mol. The van der Waals surface area contributed by atoms with Crippen LogP contribution in [0.15, 0.2) is 12.3 Å². The third kappa shape index (κ3) is 5.31. The second kappa shape index (κ2) is 7.90. The topological polar surface area (TPSA) is 3.24 Å². The Morgan fingerprint density at radius 2 is 1.71 bits per heavy atom. The number of hydrogen-bond donors (Lipinski definition) is 0. The van der Waals surface area contributed by atoms with E-state index in [0.717, 1.165) is 0 Å². The zero-order valence-electron chi connectivity index (χ0n) is 9.67. The van der Waals surface area contributed by atoms with Crippen LogP contribution in [-0.4, -0.2) is 18.0 Å². The molecule has 82 valence electrons. The normalized spacial score (nSPS) is 17.1. The summed E-state index contributed by atoms with van der Waals surface area (Å²) in [7, 11) is 0. The molecule has 0 amide bonds. The highest BCUT2D eigenvalue weighted by atomic mass is 15.1. The Balaban J connectivity index is 1.87. The van der Waals surface area contributed by atoms with E-state index in [0.29, 0.717) is 0 Å². The van der Waals surface area contributed by atoms with Crippen LogP contribution in [-0.2, 0) is 0 Å². The maximum absolute atomic E-state index is 2.45. The molecule has 0 aliphatic carbocycles. The molecule has 1 aliphatic heterocycles. The Hall–Kier alpha value is -0.460. The van der Waals surface area contributed by atoms with E-state index in [-0.39, 0.29) is 0 Å². The van der Waals surface area contributed by atoms with E-state index in [4.69, 9.17) is 0 Å². The minimum atomic E-state index is 1.28. The van der Waals surface area contributed by atoms with Crippen molar-refractivity contribution in [3.63, 3.8) is 0 Å². The fraction of sp³-hybridized carbons (Fsp3) is 0.846. The molecular weight excluding hydrogens is 170 g/mol. The van der Waals surface area contributed by atoms with E-state index in [1.807, 2.05) is 0 Å². The molecule has 0 saturated carbocycles. The van der Waals surface area contributed by atoms with E-state index < -0.39 is 0 Å². The summed E-state index contributed by atoms with van der Waals surface area (Å²) in [6.07, 6.45) is 15.7. The molecular formula is C13H25N. The minimum Gasteiger partial charge on any atom is -0.378 e. The highest BCUT2D eigenvalue weighted by molar-refractivity contribution is 4.84. The molecule has 1 aliphatic rings. The second-order valence-corrected chi connectivity index (χ2v) is 4.33. The summed E-state index contributed by atoms with van der Waals surface area (Å²) < 4.78 is 0. The molecule has 1 heterocycles. The van der Waals surface area contributed by atoms with Crippen molar-refractivity contribution in [3.05, 3.63) is 12.3 Å². The first kappa shape index (κ1) is 11.6. The van der Waals surface area contributed by atoms with Crippen LogP contribution in [0.5, 0.6) is 0 Å². The van der Waals surface area contributed by atoms with E-state index in [2.05, 4.69) is 24.1 Å². The summed E-state index contributed by atoms with van der Waals surface area (Å²) in [5.74, 6) is 0. The first-order chi connectivity index (χ1) is 6.93. The highest BCUT2D eigenvalue weighted by Crippen LogP contribution is 2.09. The first-order valence-electron chi connectivity index (χ1n) is 6.34. The molecule has 0 N–H and O–H groups in total. The summed E-state index contributed by atoms with van der Waals surface area (Å²) in [5.41, 5.74) is 0. The standard InChI is InChI=1S/C13H25N/c1-2-3-4-5-6-7-8-11-14-12-9-10-13-14/h8,11H,2-7,9-10,12-13H2,1H3/b11-8+. The van der Waals surface area contributed by atoms with Crippen LogP contribution in [0.2, 0.25) is 0 Å². The van der Waals surface area contributed by atoms with Crippen LogP contribution in [0.1, 0.15) is 58.3 Å². The lowest BCUT2D eigenvalue weighted by Gasteiger charge is -2.09. The van der Waals surface area contributed by atoms with Gasteiger partial charge in [-0.2, -0.15) is 0 Å². The van der Waals surface area contributed by atoms with Gasteiger partial charge in [0.05, 0.1) is 0 Å². The van der Waals surface area contributed by atoms with Crippen molar-refractivity contribution in [2.24, 2.45) is 0 Å². The van der Waals surface area contributed by atoms with Gasteiger partial charge < -0.3 is 4.90 Å². The van der Waals surface area contributed by atoms with Crippen molar-refractivity contribution >= 4 is 0 Å². The third-order valence-corrected chi connectivity index (χ3v) is 2.93. The largest absolute Gasteiger partial charge is 0.378 e. The summed E-state index contributed by atoms with van der Waals surface area (Å²) in [6.45, 7) is 4.84. The molecule has 1 heteroatoms. The minimum absolute atomic E-state index is 1.28. The fourth-order valence-corrected chi connectivity index (χ4v) is 1.98. The van der Waals surface area contributed by atoms with Gasteiger partial charge in [0.1, 0.15) is 0 Å². The summed E-state index contributed by atoms with van der Waals surface area (Å²) in [4.78, 5) is 2.45. The average molecular weight is 195 g/mol. The quantitative estimate of drug-likeness (QED) is 0.556. The van der Waals surface area contributed by atoms with Gasteiger partial charge in [-0.15, -0.1) is 0 Å². The number of nitrogens with zero attached hydrogens (tertiary/aromatic N) is 1. The van der Waals surface area contributed by atoms with Gasteiger partial charge in [-0.25, -0.2) is 0 Å². The van der Waals surface area contributed by atoms with Gasteiger partial charge in [0.25, 0.3) is 0 Å². The Morgan fingerprint density at radius 3 is 2.43 bits per heavy atom. The van der Waals surface area contributed by atoms with Crippen molar-refractivity contribution in [1.29, 1.82) is 0 Å². The van der Waals surface area contributed by atoms with Crippen LogP contribution < -0.4 is 0 Å². The molecule has 14 heavy (non-hydrogen) atoms. The lowest BCUT2D eigenvalue weighted by Crippen LogP contribution is -2.09. The molecule has 0 atom stereocenters. The first-order valence-corrected chi connectivity index (χ1v) is 6.34. The average Bonchev–Trinajstić information content (AvgIpc) is 2.69. The van der Waals surface area contributed by atoms with Crippen LogP contribution in [0.3, 0.4) is 0 Å².